The SMILES string of the molecule is CC(C)[C@H](NC(=O)[C@@H]1CCCN1C(=O)CNC(=O)[C@H](Cc1ccc(O)cc1)NC(=O)[C@H](Cc1ccccc1)NC(=O)[C@H](CCCNC(=N)N)NC(=O)[C@H](CCCNC(=N)N)NC(=O)[C@H](Cc1ccc(O)cc1)NC(=O)[C@H](C)NC(=O)[C@H](CCC(=O)O)NC(=O)[C@H](CCC(N)=O)NC(=O)[C@H](Cc1ccccc1)NC(=O)CN)C(=O)O. The van der Waals surface area contributed by atoms with Crippen molar-refractivity contribution < 1.29 is 92.3 Å². The number of carboxylic acid groups (broad SMARTS) is 2. The van der Waals surface area contributed by atoms with Gasteiger partial charge < -0.3 is 117 Å². The summed E-state index contributed by atoms with van der Waals surface area (Å²) in [5.41, 5.74) is 23.9. The van der Waals surface area contributed by atoms with Crippen LogP contribution < -0.4 is 92.1 Å². The Morgan fingerprint density at radius 3 is 1.21 bits per heavy atom. The number of aliphatic carboxylic acids is 2. The smallest absolute Gasteiger partial charge is 0.326 e. The van der Waals surface area contributed by atoms with Gasteiger partial charge in [0.1, 0.15) is 78.0 Å². The average molecular weight is 1590 g/mol. The Kier molecular flexibility index (Phi) is 37.5. The lowest BCUT2D eigenvalue weighted by Crippen LogP contribution is -2.61. The van der Waals surface area contributed by atoms with Crippen molar-refractivity contribution in [1.82, 2.24) is 74.0 Å². The number of hydrogen-bond acceptors (Lipinski definition) is 20. The van der Waals surface area contributed by atoms with Crippen LogP contribution in [0.4, 0.5) is 0 Å². The molecule has 0 bridgehead atoms. The summed E-state index contributed by atoms with van der Waals surface area (Å²) in [7, 11) is 0. The molecular formula is C75H104N20O19. The fraction of sp³-hybridized carbons (Fsp3) is 0.453. The number of primary amides is 1. The van der Waals surface area contributed by atoms with Crippen molar-refractivity contribution in [3.05, 3.63) is 131 Å². The highest BCUT2D eigenvalue weighted by molar-refractivity contribution is 6.00. The van der Waals surface area contributed by atoms with Gasteiger partial charge in [-0.3, -0.25) is 77.9 Å². The molecule has 4 aromatic carbocycles. The number of nitrogens with zero attached hydrogens (tertiary/aromatic N) is 1. The van der Waals surface area contributed by atoms with Crippen LogP contribution in [0.15, 0.2) is 109 Å². The fourth-order valence-corrected chi connectivity index (χ4v) is 12.0. The zero-order valence-corrected chi connectivity index (χ0v) is 63.4. The van der Waals surface area contributed by atoms with Crippen LogP contribution in [0.3, 0.4) is 0 Å². The van der Waals surface area contributed by atoms with E-state index in [1.54, 1.807) is 74.5 Å². The third-order valence-corrected chi connectivity index (χ3v) is 18.2. The number of guanidine groups is 2. The van der Waals surface area contributed by atoms with Crippen molar-refractivity contribution in [3.8, 4) is 11.5 Å². The molecule has 0 unspecified atom stereocenters. The molecule has 39 nitrogen and oxygen atoms in total. The molecule has 1 heterocycles. The van der Waals surface area contributed by atoms with Crippen LogP contribution in [-0.2, 0) is 97.6 Å². The number of benzene rings is 4. The van der Waals surface area contributed by atoms with E-state index in [1.807, 2.05) is 0 Å². The van der Waals surface area contributed by atoms with Crippen LogP contribution in [0.25, 0.3) is 0 Å². The van der Waals surface area contributed by atoms with E-state index in [-0.39, 0.29) is 88.9 Å². The summed E-state index contributed by atoms with van der Waals surface area (Å²) in [5, 5.41) is 88.4. The molecule has 4 aromatic rings. The first-order valence-corrected chi connectivity index (χ1v) is 36.9. The first-order valence-electron chi connectivity index (χ1n) is 36.9. The Bertz CT molecular complexity index is 4010. The lowest BCUT2D eigenvalue weighted by atomic mass is 10.0. The molecule has 618 valence electrons. The number of rotatable bonds is 47. The first-order chi connectivity index (χ1) is 54.1. The van der Waals surface area contributed by atoms with Gasteiger partial charge in [0.25, 0.3) is 0 Å². The Balaban J connectivity index is 1.43. The average Bonchev–Trinajstić information content (AvgIpc) is 1.59. The van der Waals surface area contributed by atoms with E-state index in [2.05, 4.69) is 69.1 Å². The maximum Gasteiger partial charge on any atom is 0.326 e. The first kappa shape index (κ1) is 91.6. The Labute approximate surface area is 656 Å². The zero-order valence-electron chi connectivity index (χ0n) is 63.4. The third kappa shape index (κ3) is 32.2. The summed E-state index contributed by atoms with van der Waals surface area (Å²) < 4.78 is 0. The largest absolute Gasteiger partial charge is 0.508 e. The van der Waals surface area contributed by atoms with E-state index in [0.29, 0.717) is 28.7 Å². The summed E-state index contributed by atoms with van der Waals surface area (Å²) in [5.74, 6) is -16.6. The Hall–Kier alpha value is -13.0. The van der Waals surface area contributed by atoms with Crippen molar-refractivity contribution in [2.75, 3.05) is 32.7 Å². The van der Waals surface area contributed by atoms with Crippen LogP contribution in [0.2, 0.25) is 0 Å². The molecule has 1 fully saturated rings. The van der Waals surface area contributed by atoms with E-state index in [9.17, 15) is 87.5 Å². The molecule has 0 spiro atoms. The van der Waals surface area contributed by atoms with E-state index in [0.717, 1.165) is 0 Å². The lowest BCUT2D eigenvalue weighted by Gasteiger charge is -2.28. The van der Waals surface area contributed by atoms with Gasteiger partial charge in [-0.1, -0.05) is 98.8 Å². The van der Waals surface area contributed by atoms with Gasteiger partial charge in [0, 0.05) is 58.2 Å². The van der Waals surface area contributed by atoms with Crippen molar-refractivity contribution in [2.45, 2.75) is 177 Å². The second-order valence-electron chi connectivity index (χ2n) is 27.5. The van der Waals surface area contributed by atoms with Crippen molar-refractivity contribution in [2.24, 2.45) is 28.9 Å². The summed E-state index contributed by atoms with van der Waals surface area (Å²) in [6.07, 6.45) is -3.18. The highest BCUT2D eigenvalue weighted by Gasteiger charge is 2.39. The van der Waals surface area contributed by atoms with Crippen LogP contribution in [-0.4, -0.2) is 225 Å². The number of phenolic OH excluding ortho intramolecular Hbond substituents is 2. The number of nitrogens with two attached hydrogens (primary N) is 4. The number of hydrogen-bond donors (Lipinski definition) is 23. The monoisotopic (exact) mass is 1590 g/mol. The second-order valence-corrected chi connectivity index (χ2v) is 27.5. The molecule has 1 saturated heterocycles. The quantitative estimate of drug-likeness (QED) is 0.0113. The number of nitrogens with one attached hydrogen (secondary N) is 15. The van der Waals surface area contributed by atoms with E-state index in [4.69, 9.17) is 33.8 Å². The van der Waals surface area contributed by atoms with Crippen molar-refractivity contribution in [1.29, 1.82) is 10.8 Å². The minimum absolute atomic E-state index is 0.00918. The number of carbonyl (C=O) groups excluding carboxylic acids is 13. The molecule has 27 N–H and O–H groups in total. The normalized spacial score (nSPS) is 14.9. The van der Waals surface area contributed by atoms with Gasteiger partial charge in [-0.25, -0.2) is 4.79 Å². The molecule has 1 aliphatic rings. The topological polar surface area (TPSA) is 648 Å². The van der Waals surface area contributed by atoms with Gasteiger partial charge in [-0.15, -0.1) is 0 Å². The molecule has 0 aromatic heterocycles. The van der Waals surface area contributed by atoms with Gasteiger partial charge in [-0.05, 0) is 111 Å². The predicted molar refractivity (Wildman–Crippen MR) is 412 cm³/mol. The molecule has 0 aliphatic carbocycles. The van der Waals surface area contributed by atoms with E-state index in [1.165, 1.54) is 60.4 Å². The Morgan fingerprint density at radius 2 is 0.816 bits per heavy atom. The van der Waals surface area contributed by atoms with Crippen LogP contribution >= 0.6 is 0 Å². The highest BCUT2D eigenvalue weighted by Crippen LogP contribution is 2.20. The number of amides is 13. The minimum atomic E-state index is -1.77. The summed E-state index contributed by atoms with van der Waals surface area (Å²) in [4.78, 5) is 208. The summed E-state index contributed by atoms with van der Waals surface area (Å²) >= 11 is 0. The number of aromatic hydroxyl groups is 2. The molecule has 11 atom stereocenters. The molecule has 0 radical (unpaired) electrons. The van der Waals surface area contributed by atoms with Gasteiger partial charge in [0.2, 0.25) is 76.8 Å². The number of carbonyl (C=O) groups is 15. The van der Waals surface area contributed by atoms with Crippen molar-refractivity contribution >= 4 is 101 Å². The molecule has 114 heavy (non-hydrogen) atoms. The predicted octanol–water partition coefficient (Wildman–Crippen LogP) is -4.30. The maximum atomic E-state index is 15.0. The molecule has 1 aliphatic heterocycles. The molecule has 39 heteroatoms. The van der Waals surface area contributed by atoms with Crippen molar-refractivity contribution in [3.63, 3.8) is 0 Å². The van der Waals surface area contributed by atoms with E-state index >= 15 is 4.79 Å². The summed E-state index contributed by atoms with van der Waals surface area (Å²) in [6, 6.07) is 11.1. The molecular weight excluding hydrogens is 1480 g/mol. The summed E-state index contributed by atoms with van der Waals surface area (Å²) in [6.45, 7) is 3.21. The Morgan fingerprint density at radius 1 is 0.447 bits per heavy atom. The fourth-order valence-electron chi connectivity index (χ4n) is 12.0. The minimum Gasteiger partial charge on any atom is -0.508 e. The van der Waals surface area contributed by atoms with Gasteiger partial charge >= 0.3 is 11.9 Å². The second kappa shape index (κ2) is 46.6. The number of likely N-dealkylation sites (tertiary alicyclic amines) is 1. The van der Waals surface area contributed by atoms with Gasteiger partial charge in [0.05, 0.1) is 13.1 Å². The zero-order chi connectivity index (χ0) is 84.1. The van der Waals surface area contributed by atoms with Gasteiger partial charge in [0.15, 0.2) is 11.9 Å². The van der Waals surface area contributed by atoms with Crippen LogP contribution in [0, 0.1) is 16.7 Å². The van der Waals surface area contributed by atoms with Crippen LogP contribution in [0.1, 0.15) is 107 Å². The highest BCUT2D eigenvalue weighted by atomic mass is 16.4. The lowest BCUT2D eigenvalue weighted by molar-refractivity contribution is -0.145. The maximum absolute atomic E-state index is 15.0. The number of phenols is 2. The van der Waals surface area contributed by atoms with Gasteiger partial charge in [-0.2, -0.15) is 0 Å². The third-order valence-electron chi connectivity index (χ3n) is 18.2. The van der Waals surface area contributed by atoms with Crippen LogP contribution in [0.5, 0.6) is 11.5 Å². The molecule has 13 amide bonds. The molecule has 5 rings (SSSR count). The van der Waals surface area contributed by atoms with E-state index < -0.39 is 212 Å². The number of carboxylic acids is 2. The standard InChI is InChI=1S/C75H104N20O19/c1-41(2)62(73(113)114)94-72(112)57-19-12-34-95(57)60(100)40-84-64(104)53(37-45-20-24-47(96)25-21-45)92-71(111)56(36-44-15-8-5-9-16-44)93-67(107)50(18-11-33-83-75(80)81)87-66(106)49(17-10-32-82-74(78)79)88-70(110)55(38-46-22-26-48(97)27-23-46)91-63(103)42(3)85-65(105)52(29-31-61(101)102)89-68(108)51(28-30-58(77)98)90-69(109)54(86-59(99)39-76)35-43-13-6-4-7-14-43/h4-9,13-16,20-27,41-42,49-57,62,96-97H,10-12,17-19,28-40,76H2,1-3H3,(H2,77,98)(H,84,104)(H,85,105)(H,86,99)(H,87,106)(H,88,110)(H,89,108)(H,90,109)(H,91,103)(H,92,111)(H,93,107)(H,94,112)(H,101,102)(H,113,114)(H4,78,79,82)(H4,80,81,83)/t42-,49-,50-,51-,52-,53-,54-,55-,56-,57-,62-/m0/s1. The molecule has 0 saturated carbocycles.